The molecule has 1 aliphatic carbocycles. The molecule has 0 saturated heterocycles. The van der Waals surface area contributed by atoms with Crippen LogP contribution in [0.25, 0.3) is 0 Å². The minimum Gasteiger partial charge on any atom is -0.481 e. The number of carbonyl (C=O) groups excluding carboxylic acids is 2. The van der Waals surface area contributed by atoms with Crippen LogP contribution in [0.1, 0.15) is 46.0 Å². The highest BCUT2D eigenvalue weighted by molar-refractivity contribution is 5.96. The molecule has 0 aromatic heterocycles. The van der Waals surface area contributed by atoms with E-state index < -0.39 is 11.4 Å². The van der Waals surface area contributed by atoms with E-state index in [0.717, 1.165) is 12.8 Å². The number of carboxylic acid groups (broad SMARTS) is 1. The van der Waals surface area contributed by atoms with Gasteiger partial charge in [-0.25, -0.2) is 0 Å². The lowest BCUT2D eigenvalue weighted by atomic mass is 9.82. The van der Waals surface area contributed by atoms with Crippen LogP contribution >= 0.6 is 0 Å². The molecule has 0 aliphatic heterocycles. The monoisotopic (exact) mass is 332 g/mol. The van der Waals surface area contributed by atoms with Crippen molar-refractivity contribution in [1.29, 1.82) is 0 Å². The highest BCUT2D eigenvalue weighted by Crippen LogP contribution is 2.41. The average molecular weight is 332 g/mol. The van der Waals surface area contributed by atoms with E-state index in [1.165, 1.54) is 0 Å². The van der Waals surface area contributed by atoms with Crippen molar-refractivity contribution in [3.63, 3.8) is 0 Å². The number of hydrogen-bond donors (Lipinski definition) is 3. The smallest absolute Gasteiger partial charge is 0.310 e. The van der Waals surface area contributed by atoms with Crippen molar-refractivity contribution < 1.29 is 19.5 Å². The topological polar surface area (TPSA) is 95.5 Å². The number of hydrogen-bond acceptors (Lipinski definition) is 3. The predicted octanol–water partition coefficient (Wildman–Crippen LogP) is 3.25. The second-order valence-corrected chi connectivity index (χ2v) is 6.74. The lowest BCUT2D eigenvalue weighted by molar-refractivity contribution is -0.150. The van der Waals surface area contributed by atoms with E-state index >= 15 is 0 Å². The van der Waals surface area contributed by atoms with E-state index in [9.17, 15) is 19.5 Å². The summed E-state index contributed by atoms with van der Waals surface area (Å²) < 4.78 is 0. The molecule has 1 aromatic rings. The number of benzene rings is 1. The molecule has 1 aliphatic rings. The Morgan fingerprint density at radius 1 is 1.12 bits per heavy atom. The molecule has 2 rings (SSSR count). The molecule has 1 aromatic carbocycles. The summed E-state index contributed by atoms with van der Waals surface area (Å²) in [5.74, 6) is -1.45. The molecule has 3 N–H and O–H groups in total. The third-order valence-corrected chi connectivity index (χ3v) is 4.45. The van der Waals surface area contributed by atoms with Gasteiger partial charge in [0, 0.05) is 23.7 Å². The molecule has 24 heavy (non-hydrogen) atoms. The van der Waals surface area contributed by atoms with Crippen molar-refractivity contribution >= 4 is 29.2 Å². The standard InChI is InChI=1S/C18H24N2O4/c1-12(2)16(22)20-14-7-5-6-13(10-14)19-15(21)11-18(17(23)24)8-3-4-9-18/h5-7,10,12H,3-4,8-9,11H2,1-2H3,(H,19,21)(H,20,22)(H,23,24). The molecule has 2 amide bonds. The maximum absolute atomic E-state index is 12.3. The van der Waals surface area contributed by atoms with Gasteiger partial charge in [-0.3, -0.25) is 14.4 Å². The first kappa shape index (κ1) is 18.0. The van der Waals surface area contributed by atoms with Crippen LogP contribution < -0.4 is 10.6 Å². The Hall–Kier alpha value is -2.37. The van der Waals surface area contributed by atoms with Crippen molar-refractivity contribution in [3.05, 3.63) is 24.3 Å². The van der Waals surface area contributed by atoms with Gasteiger partial charge in [-0.05, 0) is 31.0 Å². The van der Waals surface area contributed by atoms with Crippen LogP contribution in [0.4, 0.5) is 11.4 Å². The quantitative estimate of drug-likeness (QED) is 0.745. The normalized spacial score (nSPS) is 16.0. The number of anilines is 2. The summed E-state index contributed by atoms with van der Waals surface area (Å²) >= 11 is 0. The molecule has 0 atom stereocenters. The first-order valence-corrected chi connectivity index (χ1v) is 8.26. The van der Waals surface area contributed by atoms with Gasteiger partial charge in [0.25, 0.3) is 0 Å². The van der Waals surface area contributed by atoms with Gasteiger partial charge in [0.2, 0.25) is 11.8 Å². The molecular formula is C18H24N2O4. The van der Waals surface area contributed by atoms with E-state index in [2.05, 4.69) is 10.6 Å². The summed E-state index contributed by atoms with van der Waals surface area (Å²) in [4.78, 5) is 35.5. The molecule has 1 saturated carbocycles. The van der Waals surface area contributed by atoms with Crippen LogP contribution in [0.2, 0.25) is 0 Å². The summed E-state index contributed by atoms with van der Waals surface area (Å²) in [5, 5.41) is 15.0. The Morgan fingerprint density at radius 3 is 2.25 bits per heavy atom. The summed E-state index contributed by atoms with van der Waals surface area (Å²) in [6.45, 7) is 3.60. The first-order valence-electron chi connectivity index (χ1n) is 8.26. The molecule has 6 heteroatoms. The summed E-state index contributed by atoms with van der Waals surface area (Å²) in [5.41, 5.74) is 0.202. The third-order valence-electron chi connectivity index (χ3n) is 4.45. The van der Waals surface area contributed by atoms with E-state index in [4.69, 9.17) is 0 Å². The maximum atomic E-state index is 12.3. The van der Waals surface area contributed by atoms with Crippen LogP contribution in [-0.4, -0.2) is 22.9 Å². The minimum absolute atomic E-state index is 0.0229. The van der Waals surface area contributed by atoms with Gasteiger partial charge in [-0.2, -0.15) is 0 Å². The van der Waals surface area contributed by atoms with E-state index in [1.54, 1.807) is 38.1 Å². The number of aliphatic carboxylic acids is 1. The average Bonchev–Trinajstić information content (AvgIpc) is 2.97. The molecule has 0 unspecified atom stereocenters. The van der Waals surface area contributed by atoms with Crippen LogP contribution in [0.15, 0.2) is 24.3 Å². The van der Waals surface area contributed by atoms with Gasteiger partial charge in [0.1, 0.15) is 0 Å². The number of rotatable bonds is 6. The highest BCUT2D eigenvalue weighted by Gasteiger charge is 2.42. The molecule has 0 radical (unpaired) electrons. The Labute approximate surface area is 141 Å². The van der Waals surface area contributed by atoms with Gasteiger partial charge in [-0.1, -0.05) is 32.8 Å². The maximum Gasteiger partial charge on any atom is 0.310 e. The molecule has 6 nitrogen and oxygen atoms in total. The molecule has 0 spiro atoms. The lowest BCUT2D eigenvalue weighted by Gasteiger charge is -2.22. The zero-order chi connectivity index (χ0) is 17.7. The van der Waals surface area contributed by atoms with E-state index in [1.807, 2.05) is 0 Å². The summed E-state index contributed by atoms with van der Waals surface area (Å²) in [6.07, 6.45) is 2.75. The molecule has 1 fully saturated rings. The Morgan fingerprint density at radius 2 is 1.71 bits per heavy atom. The zero-order valence-corrected chi connectivity index (χ0v) is 14.1. The van der Waals surface area contributed by atoms with Crippen molar-refractivity contribution in [2.45, 2.75) is 46.0 Å². The fourth-order valence-electron chi connectivity index (χ4n) is 2.99. The molecule has 0 heterocycles. The van der Waals surface area contributed by atoms with Crippen molar-refractivity contribution in [1.82, 2.24) is 0 Å². The van der Waals surface area contributed by atoms with E-state index in [0.29, 0.717) is 24.2 Å². The molecule has 0 bridgehead atoms. The van der Waals surface area contributed by atoms with Gasteiger partial charge in [-0.15, -0.1) is 0 Å². The third kappa shape index (κ3) is 4.34. The second kappa shape index (κ2) is 7.47. The minimum atomic E-state index is -0.937. The van der Waals surface area contributed by atoms with Crippen molar-refractivity contribution in [3.8, 4) is 0 Å². The van der Waals surface area contributed by atoms with Crippen LogP contribution in [0.5, 0.6) is 0 Å². The van der Waals surface area contributed by atoms with Gasteiger partial charge in [0.05, 0.1) is 5.41 Å². The van der Waals surface area contributed by atoms with Crippen LogP contribution in [-0.2, 0) is 14.4 Å². The summed E-state index contributed by atoms with van der Waals surface area (Å²) in [6, 6.07) is 6.85. The molecular weight excluding hydrogens is 308 g/mol. The van der Waals surface area contributed by atoms with Gasteiger partial charge in [0.15, 0.2) is 0 Å². The fourth-order valence-corrected chi connectivity index (χ4v) is 2.99. The van der Waals surface area contributed by atoms with E-state index in [-0.39, 0.29) is 24.2 Å². The fraction of sp³-hybridized carbons (Fsp3) is 0.500. The Bertz CT molecular complexity index is 634. The number of carbonyl (C=O) groups is 3. The van der Waals surface area contributed by atoms with Gasteiger partial charge >= 0.3 is 5.97 Å². The van der Waals surface area contributed by atoms with Crippen molar-refractivity contribution in [2.24, 2.45) is 11.3 Å². The van der Waals surface area contributed by atoms with Crippen LogP contribution in [0.3, 0.4) is 0 Å². The SMILES string of the molecule is CC(C)C(=O)Nc1cccc(NC(=O)CC2(C(=O)O)CCCC2)c1. The summed E-state index contributed by atoms with van der Waals surface area (Å²) in [7, 11) is 0. The Balaban J connectivity index is 2.01. The number of nitrogens with one attached hydrogen (secondary N) is 2. The number of amides is 2. The predicted molar refractivity (Wildman–Crippen MR) is 91.7 cm³/mol. The first-order chi connectivity index (χ1) is 11.3. The Kier molecular flexibility index (Phi) is 5.59. The number of carboxylic acids is 1. The highest BCUT2D eigenvalue weighted by atomic mass is 16.4. The molecule has 130 valence electrons. The second-order valence-electron chi connectivity index (χ2n) is 6.74. The van der Waals surface area contributed by atoms with Crippen molar-refractivity contribution in [2.75, 3.05) is 10.6 Å². The van der Waals surface area contributed by atoms with Crippen LogP contribution in [0, 0.1) is 11.3 Å². The largest absolute Gasteiger partial charge is 0.481 e. The lowest BCUT2D eigenvalue weighted by Crippen LogP contribution is -2.32. The van der Waals surface area contributed by atoms with Gasteiger partial charge < -0.3 is 15.7 Å². The zero-order valence-electron chi connectivity index (χ0n) is 14.1.